The van der Waals surface area contributed by atoms with Crippen LogP contribution in [0.3, 0.4) is 0 Å². The Morgan fingerprint density at radius 3 is 2.68 bits per heavy atom. The fourth-order valence-corrected chi connectivity index (χ4v) is 3.05. The molecule has 1 aliphatic heterocycles. The molecule has 0 amide bonds. The lowest BCUT2D eigenvalue weighted by atomic mass is 10.2. The Balaban J connectivity index is 1.94. The van der Waals surface area contributed by atoms with Crippen LogP contribution in [0.2, 0.25) is 0 Å². The highest BCUT2D eigenvalue weighted by Gasteiger charge is 2.19. The van der Waals surface area contributed by atoms with E-state index in [1.54, 1.807) is 12.1 Å². The van der Waals surface area contributed by atoms with E-state index in [-0.39, 0.29) is 5.82 Å². The predicted molar refractivity (Wildman–Crippen MR) is 102 cm³/mol. The summed E-state index contributed by atoms with van der Waals surface area (Å²) in [7, 11) is 4.16. The molecule has 140 valence electrons. The number of piperazine rings is 1. The van der Waals surface area contributed by atoms with E-state index < -0.39 is 0 Å². The molecule has 1 aliphatic rings. The first-order chi connectivity index (χ1) is 12.0. The molecule has 1 heterocycles. The maximum Gasteiger partial charge on any atom is 0.194 e. The zero-order chi connectivity index (χ0) is 18.2. The van der Waals surface area contributed by atoms with Crippen LogP contribution < -0.4 is 5.32 Å². The predicted octanol–water partition coefficient (Wildman–Crippen LogP) is 1.86. The van der Waals surface area contributed by atoms with E-state index in [0.717, 1.165) is 50.8 Å². The van der Waals surface area contributed by atoms with Crippen molar-refractivity contribution in [1.29, 1.82) is 0 Å². The smallest absolute Gasteiger partial charge is 0.194 e. The molecule has 1 N–H and O–H groups in total. The third-order valence-electron chi connectivity index (χ3n) is 4.67. The number of guanidine groups is 1. The highest BCUT2D eigenvalue weighted by Crippen LogP contribution is 2.08. The zero-order valence-corrected chi connectivity index (χ0v) is 16.0. The molecule has 1 aromatic rings. The SMILES string of the molecule is CCNC(=NCC(C)N1CCN(C)CC1)N(C)Cc1cccc(F)c1. The normalized spacial score (nSPS) is 18.2. The summed E-state index contributed by atoms with van der Waals surface area (Å²) >= 11 is 0. The molecular weight excluding hydrogens is 317 g/mol. The van der Waals surface area contributed by atoms with Crippen molar-refractivity contribution in [2.75, 3.05) is 53.4 Å². The number of hydrogen-bond acceptors (Lipinski definition) is 3. The van der Waals surface area contributed by atoms with E-state index in [4.69, 9.17) is 4.99 Å². The Labute approximate surface area is 151 Å². The maximum atomic E-state index is 13.4. The summed E-state index contributed by atoms with van der Waals surface area (Å²) in [5.41, 5.74) is 0.945. The quantitative estimate of drug-likeness (QED) is 0.628. The average Bonchev–Trinajstić information content (AvgIpc) is 2.59. The Hall–Kier alpha value is -1.66. The third-order valence-corrected chi connectivity index (χ3v) is 4.67. The van der Waals surface area contributed by atoms with Crippen LogP contribution in [0.4, 0.5) is 4.39 Å². The van der Waals surface area contributed by atoms with E-state index in [1.165, 1.54) is 6.07 Å². The number of likely N-dealkylation sites (N-methyl/N-ethyl adjacent to an activating group) is 1. The van der Waals surface area contributed by atoms with Crippen molar-refractivity contribution < 1.29 is 4.39 Å². The van der Waals surface area contributed by atoms with Crippen molar-refractivity contribution in [2.24, 2.45) is 4.99 Å². The van der Waals surface area contributed by atoms with Crippen molar-refractivity contribution in [3.8, 4) is 0 Å². The summed E-state index contributed by atoms with van der Waals surface area (Å²) in [5.74, 6) is 0.671. The molecular formula is C19H32FN5. The first-order valence-corrected chi connectivity index (χ1v) is 9.16. The van der Waals surface area contributed by atoms with Crippen molar-refractivity contribution >= 4 is 5.96 Å². The lowest BCUT2D eigenvalue weighted by Gasteiger charge is -2.36. The number of aliphatic imine (C=N–C) groups is 1. The maximum absolute atomic E-state index is 13.4. The van der Waals surface area contributed by atoms with Crippen LogP contribution in [-0.2, 0) is 6.54 Å². The largest absolute Gasteiger partial charge is 0.357 e. The van der Waals surface area contributed by atoms with Gasteiger partial charge >= 0.3 is 0 Å². The standard InChI is InChI=1S/C19H32FN5/c1-5-21-19(24(4)15-17-7-6-8-18(20)13-17)22-14-16(2)25-11-9-23(3)10-12-25/h6-8,13,16H,5,9-12,14-15H2,1-4H3,(H,21,22). The van der Waals surface area contributed by atoms with E-state index >= 15 is 0 Å². The highest BCUT2D eigenvalue weighted by atomic mass is 19.1. The third kappa shape index (κ3) is 6.29. The summed E-state index contributed by atoms with van der Waals surface area (Å²) < 4.78 is 13.4. The molecule has 6 heteroatoms. The Morgan fingerprint density at radius 1 is 1.32 bits per heavy atom. The average molecular weight is 349 g/mol. The second-order valence-electron chi connectivity index (χ2n) is 6.87. The molecule has 1 saturated heterocycles. The molecule has 1 atom stereocenters. The molecule has 25 heavy (non-hydrogen) atoms. The van der Waals surface area contributed by atoms with Crippen molar-refractivity contribution in [3.63, 3.8) is 0 Å². The fourth-order valence-electron chi connectivity index (χ4n) is 3.05. The van der Waals surface area contributed by atoms with Crippen LogP contribution in [0.15, 0.2) is 29.3 Å². The minimum absolute atomic E-state index is 0.198. The van der Waals surface area contributed by atoms with Gasteiger partial charge in [-0.2, -0.15) is 0 Å². The van der Waals surface area contributed by atoms with Gasteiger partial charge in [0, 0.05) is 52.4 Å². The lowest BCUT2D eigenvalue weighted by Crippen LogP contribution is -2.49. The van der Waals surface area contributed by atoms with Gasteiger partial charge in [0.2, 0.25) is 0 Å². The lowest BCUT2D eigenvalue weighted by molar-refractivity contribution is 0.122. The second kappa shape index (κ2) is 9.73. The van der Waals surface area contributed by atoms with Gasteiger partial charge in [-0.25, -0.2) is 4.39 Å². The van der Waals surface area contributed by atoms with Gasteiger partial charge in [0.15, 0.2) is 5.96 Å². The molecule has 1 fully saturated rings. The van der Waals surface area contributed by atoms with Crippen molar-refractivity contribution in [1.82, 2.24) is 20.0 Å². The number of halogens is 1. The molecule has 0 radical (unpaired) electrons. The summed E-state index contributed by atoms with van der Waals surface area (Å²) in [6, 6.07) is 7.16. The molecule has 1 unspecified atom stereocenters. The van der Waals surface area contributed by atoms with Gasteiger partial charge in [-0.15, -0.1) is 0 Å². The summed E-state index contributed by atoms with van der Waals surface area (Å²) in [6.45, 7) is 11.0. The van der Waals surface area contributed by atoms with Crippen molar-refractivity contribution in [2.45, 2.75) is 26.4 Å². The highest BCUT2D eigenvalue weighted by molar-refractivity contribution is 5.79. The molecule has 0 bridgehead atoms. The van der Waals surface area contributed by atoms with Crippen LogP contribution in [0.1, 0.15) is 19.4 Å². The minimum atomic E-state index is -0.198. The number of hydrogen-bond donors (Lipinski definition) is 1. The van der Waals surface area contributed by atoms with E-state index in [9.17, 15) is 4.39 Å². The van der Waals surface area contributed by atoms with Crippen molar-refractivity contribution in [3.05, 3.63) is 35.6 Å². The summed E-state index contributed by atoms with van der Waals surface area (Å²) in [6.07, 6.45) is 0. The topological polar surface area (TPSA) is 34.1 Å². The zero-order valence-electron chi connectivity index (χ0n) is 16.0. The van der Waals surface area contributed by atoms with Gasteiger partial charge in [-0.1, -0.05) is 12.1 Å². The van der Waals surface area contributed by atoms with Crippen LogP contribution >= 0.6 is 0 Å². The summed E-state index contributed by atoms with van der Waals surface area (Å²) in [4.78, 5) is 11.7. The Morgan fingerprint density at radius 2 is 2.04 bits per heavy atom. The molecule has 0 spiro atoms. The number of nitrogens with one attached hydrogen (secondary N) is 1. The van der Waals surface area contributed by atoms with Crippen LogP contribution in [0.5, 0.6) is 0 Å². The monoisotopic (exact) mass is 349 g/mol. The molecule has 2 rings (SSSR count). The molecule has 0 aromatic heterocycles. The fraction of sp³-hybridized carbons (Fsp3) is 0.632. The van der Waals surface area contributed by atoms with E-state index in [2.05, 4.69) is 40.9 Å². The number of nitrogens with zero attached hydrogens (tertiary/aromatic N) is 4. The molecule has 0 saturated carbocycles. The molecule has 0 aliphatic carbocycles. The first-order valence-electron chi connectivity index (χ1n) is 9.16. The minimum Gasteiger partial charge on any atom is -0.357 e. The van der Waals surface area contributed by atoms with E-state index in [1.807, 2.05) is 13.1 Å². The van der Waals surface area contributed by atoms with Crippen LogP contribution in [0.25, 0.3) is 0 Å². The number of rotatable bonds is 6. The van der Waals surface area contributed by atoms with Gasteiger partial charge in [0.05, 0.1) is 6.54 Å². The first kappa shape index (κ1) is 19.7. The van der Waals surface area contributed by atoms with E-state index in [0.29, 0.717) is 12.6 Å². The number of benzene rings is 1. The molecule has 1 aromatic carbocycles. The Bertz CT molecular complexity index is 555. The van der Waals surface area contributed by atoms with Gasteiger partial charge in [-0.05, 0) is 38.6 Å². The van der Waals surface area contributed by atoms with Gasteiger partial charge in [-0.3, -0.25) is 9.89 Å². The van der Waals surface area contributed by atoms with Crippen LogP contribution in [0, 0.1) is 5.82 Å². The molecule has 5 nitrogen and oxygen atoms in total. The van der Waals surface area contributed by atoms with Crippen LogP contribution in [-0.4, -0.2) is 80.1 Å². The van der Waals surface area contributed by atoms with Gasteiger partial charge in [0.25, 0.3) is 0 Å². The second-order valence-corrected chi connectivity index (χ2v) is 6.87. The Kier molecular flexibility index (Phi) is 7.65. The van der Waals surface area contributed by atoms with Gasteiger partial charge in [0.1, 0.15) is 5.82 Å². The van der Waals surface area contributed by atoms with Gasteiger partial charge < -0.3 is 15.1 Å². The summed E-state index contributed by atoms with van der Waals surface area (Å²) in [5, 5.41) is 3.34.